The van der Waals surface area contributed by atoms with Crippen LogP contribution in [0.3, 0.4) is 0 Å². The Balaban J connectivity index is 2.15. The Morgan fingerprint density at radius 3 is 2.71 bits per heavy atom. The molecule has 1 fully saturated rings. The zero-order valence-electron chi connectivity index (χ0n) is 11.7. The van der Waals surface area contributed by atoms with E-state index in [1.54, 1.807) is 0 Å². The molecule has 21 heavy (non-hydrogen) atoms. The number of halogens is 1. The molecule has 2 atom stereocenters. The van der Waals surface area contributed by atoms with E-state index in [9.17, 15) is 17.6 Å². The normalized spacial score (nSPS) is 22.4. The average Bonchev–Trinajstić information content (AvgIpc) is 2.82. The van der Waals surface area contributed by atoms with Crippen LogP contribution in [0.5, 0.6) is 0 Å². The maximum atomic E-state index is 13.7. The molecule has 0 radical (unpaired) electrons. The van der Waals surface area contributed by atoms with Crippen molar-refractivity contribution >= 4 is 16.0 Å². The summed E-state index contributed by atoms with van der Waals surface area (Å²) < 4.78 is 40.3. The number of hydrogen-bond donors (Lipinski definition) is 2. The predicted molar refractivity (Wildman–Crippen MR) is 75.1 cm³/mol. The summed E-state index contributed by atoms with van der Waals surface area (Å²) in [4.78, 5) is 10.2. The molecule has 1 aromatic carbocycles. The maximum absolute atomic E-state index is 13.7. The first kappa shape index (κ1) is 15.9. The Morgan fingerprint density at radius 1 is 1.43 bits per heavy atom. The standard InChI is InChI=1S/C14H18FNO4S/c1-9-2-3-10(6-9)8-16-21(19,20)13-7-11(14(17)18)4-5-12(13)15/h4-5,7,9-10,16H,2-3,6,8H2,1H3,(H,17,18). The summed E-state index contributed by atoms with van der Waals surface area (Å²) in [5, 5.41) is 8.86. The molecular formula is C14H18FNO4S. The van der Waals surface area contributed by atoms with Gasteiger partial charge in [-0.15, -0.1) is 0 Å². The summed E-state index contributed by atoms with van der Waals surface area (Å²) >= 11 is 0. The van der Waals surface area contributed by atoms with E-state index in [0.717, 1.165) is 37.5 Å². The average molecular weight is 315 g/mol. The second kappa shape index (κ2) is 6.11. The van der Waals surface area contributed by atoms with E-state index in [0.29, 0.717) is 5.92 Å². The molecule has 0 saturated heterocycles. The number of aromatic carboxylic acids is 1. The van der Waals surface area contributed by atoms with Crippen molar-refractivity contribution in [1.29, 1.82) is 0 Å². The van der Waals surface area contributed by atoms with Crippen LogP contribution >= 0.6 is 0 Å². The lowest BCUT2D eigenvalue weighted by Gasteiger charge is -2.12. The van der Waals surface area contributed by atoms with Gasteiger partial charge in [-0.2, -0.15) is 0 Å². The smallest absolute Gasteiger partial charge is 0.335 e. The molecular weight excluding hydrogens is 297 g/mol. The Hall–Kier alpha value is -1.47. The Kier molecular flexibility index (Phi) is 4.63. The number of carbonyl (C=O) groups is 1. The van der Waals surface area contributed by atoms with Crippen LogP contribution in [-0.4, -0.2) is 26.0 Å². The van der Waals surface area contributed by atoms with Crippen LogP contribution in [0.4, 0.5) is 4.39 Å². The molecule has 1 saturated carbocycles. The zero-order chi connectivity index (χ0) is 15.6. The molecule has 7 heteroatoms. The molecule has 1 aromatic rings. The number of hydrogen-bond acceptors (Lipinski definition) is 3. The number of nitrogens with one attached hydrogen (secondary N) is 1. The van der Waals surface area contributed by atoms with Crippen LogP contribution in [0.1, 0.15) is 36.5 Å². The van der Waals surface area contributed by atoms with Crippen LogP contribution in [0.25, 0.3) is 0 Å². The minimum Gasteiger partial charge on any atom is -0.478 e. The minimum atomic E-state index is -4.04. The van der Waals surface area contributed by atoms with Gasteiger partial charge in [0.25, 0.3) is 0 Å². The van der Waals surface area contributed by atoms with Gasteiger partial charge >= 0.3 is 5.97 Å². The van der Waals surface area contributed by atoms with Crippen molar-refractivity contribution < 1.29 is 22.7 Å². The number of carboxylic acid groups (broad SMARTS) is 1. The molecule has 0 spiro atoms. The van der Waals surface area contributed by atoms with Gasteiger partial charge in [0.1, 0.15) is 10.7 Å². The lowest BCUT2D eigenvalue weighted by molar-refractivity contribution is 0.0696. The SMILES string of the molecule is CC1CCC(CNS(=O)(=O)c2cc(C(=O)O)ccc2F)C1. The molecule has 0 bridgehead atoms. The minimum absolute atomic E-state index is 0.250. The molecule has 0 amide bonds. The van der Waals surface area contributed by atoms with Crippen LogP contribution in [0.15, 0.2) is 23.1 Å². The molecule has 1 aliphatic rings. The van der Waals surface area contributed by atoms with Crippen molar-refractivity contribution in [1.82, 2.24) is 4.72 Å². The third-order valence-corrected chi connectivity index (χ3v) is 5.27. The van der Waals surface area contributed by atoms with E-state index < -0.39 is 26.7 Å². The van der Waals surface area contributed by atoms with Gasteiger partial charge in [0.2, 0.25) is 10.0 Å². The lowest BCUT2D eigenvalue weighted by atomic mass is 10.1. The highest BCUT2D eigenvalue weighted by atomic mass is 32.2. The molecule has 2 unspecified atom stereocenters. The van der Waals surface area contributed by atoms with Gasteiger partial charge < -0.3 is 5.11 Å². The van der Waals surface area contributed by atoms with E-state index in [2.05, 4.69) is 11.6 Å². The summed E-state index contributed by atoms with van der Waals surface area (Å²) in [6, 6.07) is 2.74. The number of benzene rings is 1. The first-order chi connectivity index (χ1) is 9.79. The quantitative estimate of drug-likeness (QED) is 0.873. The summed E-state index contributed by atoms with van der Waals surface area (Å²) in [5.41, 5.74) is -0.258. The summed E-state index contributed by atoms with van der Waals surface area (Å²) in [7, 11) is -4.04. The first-order valence-corrected chi connectivity index (χ1v) is 8.30. The van der Waals surface area contributed by atoms with Crippen LogP contribution < -0.4 is 4.72 Å². The van der Waals surface area contributed by atoms with Gasteiger partial charge in [0.15, 0.2) is 0 Å². The highest BCUT2D eigenvalue weighted by molar-refractivity contribution is 7.89. The first-order valence-electron chi connectivity index (χ1n) is 6.82. The van der Waals surface area contributed by atoms with Crippen LogP contribution in [0, 0.1) is 17.7 Å². The van der Waals surface area contributed by atoms with Crippen molar-refractivity contribution in [3.63, 3.8) is 0 Å². The Morgan fingerprint density at radius 2 is 2.14 bits per heavy atom. The van der Waals surface area contributed by atoms with Crippen molar-refractivity contribution in [3.8, 4) is 0 Å². The van der Waals surface area contributed by atoms with Crippen molar-refractivity contribution in [2.45, 2.75) is 31.1 Å². The molecule has 2 rings (SSSR count). The largest absolute Gasteiger partial charge is 0.478 e. The van der Waals surface area contributed by atoms with Crippen molar-refractivity contribution in [3.05, 3.63) is 29.6 Å². The van der Waals surface area contributed by atoms with E-state index in [1.165, 1.54) is 0 Å². The topological polar surface area (TPSA) is 83.5 Å². The predicted octanol–water partition coefficient (Wildman–Crippen LogP) is 2.24. The molecule has 0 heterocycles. The molecule has 2 N–H and O–H groups in total. The summed E-state index contributed by atoms with van der Waals surface area (Å²) in [6.45, 7) is 2.37. The Bertz CT molecular complexity index is 644. The molecule has 5 nitrogen and oxygen atoms in total. The monoisotopic (exact) mass is 315 g/mol. The van der Waals surface area contributed by atoms with Gasteiger partial charge in [0, 0.05) is 6.54 Å². The zero-order valence-corrected chi connectivity index (χ0v) is 12.5. The molecule has 116 valence electrons. The number of sulfonamides is 1. The summed E-state index contributed by atoms with van der Waals surface area (Å²) in [5.74, 6) is -1.42. The third-order valence-electron chi connectivity index (χ3n) is 3.83. The van der Waals surface area contributed by atoms with Crippen molar-refractivity contribution in [2.24, 2.45) is 11.8 Å². The van der Waals surface area contributed by atoms with E-state index in [-0.39, 0.29) is 18.0 Å². The third kappa shape index (κ3) is 3.79. The number of carboxylic acids is 1. The van der Waals surface area contributed by atoms with Crippen LogP contribution in [-0.2, 0) is 10.0 Å². The summed E-state index contributed by atoms with van der Waals surface area (Å²) in [6.07, 6.45) is 2.96. The van der Waals surface area contributed by atoms with Gasteiger partial charge in [-0.25, -0.2) is 22.3 Å². The van der Waals surface area contributed by atoms with Gasteiger partial charge in [0.05, 0.1) is 5.56 Å². The van der Waals surface area contributed by atoms with Gasteiger partial charge in [-0.1, -0.05) is 13.3 Å². The van der Waals surface area contributed by atoms with Gasteiger partial charge in [-0.05, 0) is 42.9 Å². The van der Waals surface area contributed by atoms with Crippen LogP contribution in [0.2, 0.25) is 0 Å². The molecule has 0 aromatic heterocycles. The van der Waals surface area contributed by atoms with E-state index >= 15 is 0 Å². The highest BCUT2D eigenvalue weighted by Gasteiger charge is 2.25. The van der Waals surface area contributed by atoms with E-state index in [1.807, 2.05) is 0 Å². The maximum Gasteiger partial charge on any atom is 0.335 e. The lowest BCUT2D eigenvalue weighted by Crippen LogP contribution is -2.29. The van der Waals surface area contributed by atoms with Crippen molar-refractivity contribution in [2.75, 3.05) is 6.54 Å². The Labute approximate surface area is 123 Å². The highest BCUT2D eigenvalue weighted by Crippen LogP contribution is 2.30. The number of rotatable bonds is 5. The molecule has 1 aliphatic carbocycles. The molecule has 0 aliphatic heterocycles. The second-order valence-corrected chi connectivity index (χ2v) is 7.32. The van der Waals surface area contributed by atoms with Gasteiger partial charge in [-0.3, -0.25) is 0 Å². The fourth-order valence-corrected chi connectivity index (χ4v) is 3.88. The fraction of sp³-hybridized carbons (Fsp3) is 0.500. The fourth-order valence-electron chi connectivity index (χ4n) is 2.66. The van der Waals surface area contributed by atoms with E-state index in [4.69, 9.17) is 5.11 Å². The second-order valence-electron chi connectivity index (χ2n) is 5.59.